The molecule has 2 saturated heterocycles. The van der Waals surface area contributed by atoms with E-state index in [0.717, 1.165) is 13.2 Å². The summed E-state index contributed by atoms with van der Waals surface area (Å²) in [5.41, 5.74) is 2.57. The number of hydrogen-bond acceptors (Lipinski definition) is 3. The Labute approximate surface area is 96.4 Å². The van der Waals surface area contributed by atoms with Gasteiger partial charge in [0.1, 0.15) is 0 Å². The molecule has 1 aromatic carbocycles. The van der Waals surface area contributed by atoms with Crippen molar-refractivity contribution in [3.05, 3.63) is 24.3 Å². The van der Waals surface area contributed by atoms with Gasteiger partial charge in [-0.3, -0.25) is 0 Å². The van der Waals surface area contributed by atoms with Crippen molar-refractivity contribution in [2.24, 2.45) is 0 Å². The van der Waals surface area contributed by atoms with Crippen molar-refractivity contribution < 1.29 is 4.74 Å². The van der Waals surface area contributed by atoms with Crippen LogP contribution in [0.1, 0.15) is 12.8 Å². The molecular formula is C13H18N2O. The van der Waals surface area contributed by atoms with Crippen LogP contribution in [0.15, 0.2) is 24.3 Å². The molecule has 2 heterocycles. The average molecular weight is 218 g/mol. The Hall–Kier alpha value is -1.22. The Morgan fingerprint density at radius 2 is 2.00 bits per heavy atom. The van der Waals surface area contributed by atoms with Crippen LogP contribution in [-0.2, 0) is 4.74 Å². The van der Waals surface area contributed by atoms with Crippen LogP contribution < -0.4 is 10.2 Å². The normalized spacial score (nSPS) is 20.9. The Morgan fingerprint density at radius 1 is 1.19 bits per heavy atom. The molecule has 0 bridgehead atoms. The molecule has 0 aliphatic carbocycles. The third-order valence-corrected chi connectivity index (χ3v) is 3.33. The largest absolute Gasteiger partial charge is 0.378 e. The standard InChI is InChI=1S/C13H18N2O/c1-2-7-15(6-1)13-5-3-4-11(8-13)14-12-9-16-10-12/h3-5,8,12,14H,1-2,6-7,9-10H2. The Morgan fingerprint density at radius 3 is 2.69 bits per heavy atom. The van der Waals surface area contributed by atoms with Crippen LogP contribution in [0.2, 0.25) is 0 Å². The van der Waals surface area contributed by atoms with Gasteiger partial charge in [0.25, 0.3) is 0 Å². The molecule has 0 atom stereocenters. The van der Waals surface area contributed by atoms with Gasteiger partial charge in [-0.05, 0) is 31.0 Å². The molecule has 1 N–H and O–H groups in total. The lowest BCUT2D eigenvalue weighted by atomic mass is 10.2. The molecule has 0 unspecified atom stereocenters. The van der Waals surface area contributed by atoms with Crippen LogP contribution in [0.3, 0.4) is 0 Å². The maximum Gasteiger partial charge on any atom is 0.0728 e. The van der Waals surface area contributed by atoms with E-state index in [-0.39, 0.29) is 0 Å². The molecule has 86 valence electrons. The van der Waals surface area contributed by atoms with Crippen molar-refractivity contribution in [1.82, 2.24) is 0 Å². The summed E-state index contributed by atoms with van der Waals surface area (Å²) >= 11 is 0. The Balaban J connectivity index is 1.70. The molecule has 2 fully saturated rings. The van der Waals surface area contributed by atoms with E-state index in [2.05, 4.69) is 34.5 Å². The summed E-state index contributed by atoms with van der Waals surface area (Å²) in [5.74, 6) is 0. The van der Waals surface area contributed by atoms with Crippen molar-refractivity contribution >= 4 is 11.4 Å². The van der Waals surface area contributed by atoms with Crippen LogP contribution in [0.5, 0.6) is 0 Å². The monoisotopic (exact) mass is 218 g/mol. The number of anilines is 2. The third kappa shape index (κ3) is 2.00. The van der Waals surface area contributed by atoms with E-state index in [1.54, 1.807) is 0 Å². The summed E-state index contributed by atoms with van der Waals surface area (Å²) in [7, 11) is 0. The second kappa shape index (κ2) is 4.34. The van der Waals surface area contributed by atoms with Crippen LogP contribution in [0.25, 0.3) is 0 Å². The second-order valence-corrected chi connectivity index (χ2v) is 4.62. The predicted molar refractivity (Wildman–Crippen MR) is 66.1 cm³/mol. The molecular weight excluding hydrogens is 200 g/mol. The van der Waals surface area contributed by atoms with Gasteiger partial charge in [0, 0.05) is 24.5 Å². The minimum Gasteiger partial charge on any atom is -0.378 e. The zero-order chi connectivity index (χ0) is 10.8. The van der Waals surface area contributed by atoms with Gasteiger partial charge in [-0.2, -0.15) is 0 Å². The van der Waals surface area contributed by atoms with E-state index in [9.17, 15) is 0 Å². The van der Waals surface area contributed by atoms with Gasteiger partial charge in [-0.15, -0.1) is 0 Å². The first kappa shape index (κ1) is 9.97. The summed E-state index contributed by atoms with van der Waals surface area (Å²) in [6, 6.07) is 9.24. The van der Waals surface area contributed by atoms with Gasteiger partial charge in [0.15, 0.2) is 0 Å². The number of nitrogens with one attached hydrogen (secondary N) is 1. The molecule has 16 heavy (non-hydrogen) atoms. The van der Waals surface area contributed by atoms with Gasteiger partial charge in [-0.1, -0.05) is 6.07 Å². The van der Waals surface area contributed by atoms with Crippen LogP contribution >= 0.6 is 0 Å². The quantitative estimate of drug-likeness (QED) is 0.841. The lowest BCUT2D eigenvalue weighted by molar-refractivity contribution is 0.0211. The highest BCUT2D eigenvalue weighted by Gasteiger charge is 2.18. The smallest absolute Gasteiger partial charge is 0.0728 e. The van der Waals surface area contributed by atoms with E-state index >= 15 is 0 Å². The molecule has 0 radical (unpaired) electrons. The highest BCUT2D eigenvalue weighted by molar-refractivity contribution is 5.58. The molecule has 0 saturated carbocycles. The maximum absolute atomic E-state index is 5.16. The molecule has 3 rings (SSSR count). The van der Waals surface area contributed by atoms with E-state index in [1.807, 2.05) is 0 Å². The van der Waals surface area contributed by atoms with Crippen molar-refractivity contribution in [3.63, 3.8) is 0 Å². The van der Waals surface area contributed by atoms with E-state index in [1.165, 1.54) is 37.3 Å². The van der Waals surface area contributed by atoms with Crippen LogP contribution in [0, 0.1) is 0 Å². The number of ether oxygens (including phenoxy) is 1. The number of hydrogen-bond donors (Lipinski definition) is 1. The first-order chi connectivity index (χ1) is 7.92. The van der Waals surface area contributed by atoms with Gasteiger partial charge in [-0.25, -0.2) is 0 Å². The Kier molecular flexibility index (Phi) is 2.70. The first-order valence-corrected chi connectivity index (χ1v) is 6.11. The summed E-state index contributed by atoms with van der Waals surface area (Å²) in [4.78, 5) is 2.46. The van der Waals surface area contributed by atoms with E-state index in [4.69, 9.17) is 4.74 Å². The summed E-state index contributed by atoms with van der Waals surface area (Å²) in [6.07, 6.45) is 2.66. The summed E-state index contributed by atoms with van der Waals surface area (Å²) in [5, 5.41) is 3.49. The van der Waals surface area contributed by atoms with Gasteiger partial charge in [0.05, 0.1) is 19.3 Å². The first-order valence-electron chi connectivity index (χ1n) is 6.11. The fourth-order valence-corrected chi connectivity index (χ4v) is 2.32. The topological polar surface area (TPSA) is 24.5 Å². The fraction of sp³-hybridized carbons (Fsp3) is 0.538. The average Bonchev–Trinajstić information content (AvgIpc) is 2.77. The molecule has 2 aliphatic rings. The second-order valence-electron chi connectivity index (χ2n) is 4.62. The van der Waals surface area contributed by atoms with Gasteiger partial charge >= 0.3 is 0 Å². The zero-order valence-electron chi connectivity index (χ0n) is 9.48. The lowest BCUT2D eigenvalue weighted by Gasteiger charge is -2.28. The van der Waals surface area contributed by atoms with Crippen molar-refractivity contribution in [1.29, 1.82) is 0 Å². The molecule has 3 nitrogen and oxygen atoms in total. The molecule has 2 aliphatic heterocycles. The third-order valence-electron chi connectivity index (χ3n) is 3.33. The van der Waals surface area contributed by atoms with Gasteiger partial charge in [0.2, 0.25) is 0 Å². The molecule has 0 aromatic heterocycles. The predicted octanol–water partition coefficient (Wildman–Crippen LogP) is 2.10. The maximum atomic E-state index is 5.16. The van der Waals surface area contributed by atoms with Crippen molar-refractivity contribution in [2.75, 3.05) is 36.5 Å². The minimum absolute atomic E-state index is 0.508. The van der Waals surface area contributed by atoms with Crippen LogP contribution in [-0.4, -0.2) is 32.3 Å². The number of rotatable bonds is 3. The lowest BCUT2D eigenvalue weighted by Crippen LogP contribution is -2.40. The zero-order valence-corrected chi connectivity index (χ0v) is 9.48. The molecule has 3 heteroatoms. The number of nitrogens with zero attached hydrogens (tertiary/aromatic N) is 1. The molecule has 0 spiro atoms. The number of benzene rings is 1. The Bertz CT molecular complexity index is 357. The van der Waals surface area contributed by atoms with Crippen molar-refractivity contribution in [3.8, 4) is 0 Å². The highest BCUT2D eigenvalue weighted by Crippen LogP contribution is 2.24. The SMILES string of the molecule is c1cc(NC2COC2)cc(N2CCCC2)c1. The van der Waals surface area contributed by atoms with Crippen molar-refractivity contribution in [2.45, 2.75) is 18.9 Å². The van der Waals surface area contributed by atoms with E-state index in [0.29, 0.717) is 6.04 Å². The molecule has 1 aromatic rings. The summed E-state index contributed by atoms with van der Waals surface area (Å²) in [6.45, 7) is 4.09. The van der Waals surface area contributed by atoms with E-state index < -0.39 is 0 Å². The minimum atomic E-state index is 0.508. The highest BCUT2D eigenvalue weighted by atomic mass is 16.5. The molecule has 0 amide bonds. The fourth-order valence-electron chi connectivity index (χ4n) is 2.32. The summed E-state index contributed by atoms with van der Waals surface area (Å²) < 4.78 is 5.16. The van der Waals surface area contributed by atoms with Gasteiger partial charge < -0.3 is 15.0 Å². The van der Waals surface area contributed by atoms with Crippen LogP contribution in [0.4, 0.5) is 11.4 Å².